The second-order valence-corrected chi connectivity index (χ2v) is 10.5. The summed E-state index contributed by atoms with van der Waals surface area (Å²) >= 11 is 0. The summed E-state index contributed by atoms with van der Waals surface area (Å²) in [5.41, 5.74) is 4.73. The Balaban J connectivity index is 1.30. The van der Waals surface area contributed by atoms with Gasteiger partial charge in [-0.1, -0.05) is 6.07 Å². The molecule has 5 fully saturated rings. The molecule has 0 aliphatic heterocycles. The van der Waals surface area contributed by atoms with E-state index in [-0.39, 0.29) is 6.10 Å². The highest BCUT2D eigenvalue weighted by molar-refractivity contribution is 5.50. The molecule has 3 bridgehead atoms. The maximum Gasteiger partial charge on any atom is 0.0995 e. The second-order valence-electron chi connectivity index (χ2n) is 10.5. The van der Waals surface area contributed by atoms with Gasteiger partial charge >= 0.3 is 0 Å². The van der Waals surface area contributed by atoms with Crippen molar-refractivity contribution in [3.63, 3.8) is 0 Å². The Labute approximate surface area is 154 Å². The summed E-state index contributed by atoms with van der Waals surface area (Å²) in [7, 11) is 0. The van der Waals surface area contributed by atoms with Crippen molar-refractivity contribution in [2.75, 3.05) is 0 Å². The van der Waals surface area contributed by atoms with Crippen LogP contribution < -0.4 is 0 Å². The molecule has 7 rings (SSSR count). The largest absolute Gasteiger partial charge is 0.387 e. The number of fused-ring (bicyclic) bond motifs is 3. The minimum Gasteiger partial charge on any atom is -0.387 e. The van der Waals surface area contributed by atoms with E-state index in [1.165, 1.54) is 56.9 Å². The maximum absolute atomic E-state index is 11.5. The van der Waals surface area contributed by atoms with Gasteiger partial charge in [0.2, 0.25) is 0 Å². The van der Waals surface area contributed by atoms with Crippen LogP contribution in [-0.2, 0) is 0 Å². The van der Waals surface area contributed by atoms with E-state index in [2.05, 4.69) is 21.5 Å². The van der Waals surface area contributed by atoms with Crippen LogP contribution >= 0.6 is 0 Å². The zero-order valence-electron chi connectivity index (χ0n) is 15.4. The molecule has 0 radical (unpaired) electrons. The molecule has 0 aromatic carbocycles. The van der Waals surface area contributed by atoms with Crippen LogP contribution in [0.15, 0.2) is 24.7 Å². The van der Waals surface area contributed by atoms with Gasteiger partial charge in [-0.2, -0.15) is 0 Å². The van der Waals surface area contributed by atoms with Crippen molar-refractivity contribution in [2.45, 2.75) is 69.8 Å². The fourth-order valence-electron chi connectivity index (χ4n) is 8.53. The van der Waals surface area contributed by atoms with Crippen LogP contribution in [0.4, 0.5) is 0 Å². The molecule has 0 saturated heterocycles. The van der Waals surface area contributed by atoms with Crippen molar-refractivity contribution in [3.05, 3.63) is 35.9 Å². The predicted octanol–water partition coefficient (Wildman–Crippen LogP) is 4.85. The predicted molar refractivity (Wildman–Crippen MR) is 99.8 cm³/mol. The van der Waals surface area contributed by atoms with Crippen LogP contribution in [0.2, 0.25) is 0 Å². The summed E-state index contributed by atoms with van der Waals surface area (Å²) in [6.07, 6.45) is 15.8. The molecule has 2 aromatic rings. The molecule has 2 heterocycles. The number of aliphatic hydroxyl groups excluding tert-OH is 1. The van der Waals surface area contributed by atoms with E-state index in [4.69, 9.17) is 0 Å². The van der Waals surface area contributed by atoms with Gasteiger partial charge in [0.15, 0.2) is 0 Å². The summed E-state index contributed by atoms with van der Waals surface area (Å²) in [6.45, 7) is 0. The van der Waals surface area contributed by atoms with Gasteiger partial charge in [0, 0.05) is 0 Å². The van der Waals surface area contributed by atoms with Gasteiger partial charge in [-0.05, 0) is 104 Å². The molecule has 2 aromatic heterocycles. The number of hydrogen-bond donors (Lipinski definition) is 1. The summed E-state index contributed by atoms with van der Waals surface area (Å²) in [6, 6.07) is 4.45. The van der Waals surface area contributed by atoms with Crippen LogP contribution in [0.3, 0.4) is 0 Å². The average molecular weight is 348 g/mol. The highest BCUT2D eigenvalue weighted by atomic mass is 16.3. The molecular weight excluding hydrogens is 320 g/mol. The van der Waals surface area contributed by atoms with Crippen molar-refractivity contribution < 1.29 is 5.11 Å². The topological polar surface area (TPSA) is 37.5 Å². The van der Waals surface area contributed by atoms with E-state index >= 15 is 0 Å². The van der Waals surface area contributed by atoms with Crippen molar-refractivity contribution in [1.82, 2.24) is 9.38 Å². The molecule has 3 heteroatoms. The number of aliphatic hydroxyl groups is 1. The molecule has 3 nitrogen and oxygen atoms in total. The van der Waals surface area contributed by atoms with Crippen LogP contribution in [0, 0.1) is 28.6 Å². The molecule has 26 heavy (non-hydrogen) atoms. The summed E-state index contributed by atoms with van der Waals surface area (Å²) < 4.78 is 2.18. The van der Waals surface area contributed by atoms with E-state index in [1.807, 2.05) is 12.5 Å². The third kappa shape index (κ3) is 1.63. The van der Waals surface area contributed by atoms with Crippen LogP contribution in [-0.4, -0.2) is 14.5 Å². The van der Waals surface area contributed by atoms with Gasteiger partial charge in [-0.3, -0.25) is 0 Å². The smallest absolute Gasteiger partial charge is 0.0995 e. The van der Waals surface area contributed by atoms with Crippen LogP contribution in [0.25, 0.3) is 5.52 Å². The fraction of sp³-hybridized carbons (Fsp3) is 0.696. The normalized spacial score (nSPS) is 43.7. The molecule has 6 unspecified atom stereocenters. The van der Waals surface area contributed by atoms with Gasteiger partial charge in [0.1, 0.15) is 0 Å². The lowest BCUT2D eigenvalue weighted by Crippen LogP contribution is -2.52. The first-order valence-electron chi connectivity index (χ1n) is 10.8. The Bertz CT molecular complexity index is 908. The first-order chi connectivity index (χ1) is 12.7. The average Bonchev–Trinajstić information content (AvgIpc) is 3.27. The van der Waals surface area contributed by atoms with Gasteiger partial charge < -0.3 is 9.51 Å². The third-order valence-electron chi connectivity index (χ3n) is 9.32. The Morgan fingerprint density at radius 3 is 2.88 bits per heavy atom. The lowest BCUT2D eigenvalue weighted by atomic mass is 9.45. The van der Waals surface area contributed by atoms with E-state index in [1.54, 1.807) is 0 Å². The third-order valence-corrected chi connectivity index (χ3v) is 9.32. The lowest BCUT2D eigenvalue weighted by Gasteiger charge is -2.60. The van der Waals surface area contributed by atoms with Gasteiger partial charge in [-0.15, -0.1) is 0 Å². The zero-order chi connectivity index (χ0) is 17.1. The van der Waals surface area contributed by atoms with Gasteiger partial charge in [0.05, 0.1) is 29.8 Å². The SMILES string of the molecule is OC(CC12CC3CC4CC(C1)C2(C4)C3)c1c(C2CC2)ccc2cncn12. The number of nitrogens with zero attached hydrogens (tertiary/aromatic N) is 2. The molecule has 5 aliphatic carbocycles. The minimum absolute atomic E-state index is 0.336. The minimum atomic E-state index is -0.336. The lowest BCUT2D eigenvalue weighted by molar-refractivity contribution is -0.125. The number of imidazole rings is 1. The number of hydrogen-bond acceptors (Lipinski definition) is 2. The molecule has 5 saturated carbocycles. The van der Waals surface area contributed by atoms with E-state index in [9.17, 15) is 5.11 Å². The van der Waals surface area contributed by atoms with Crippen molar-refractivity contribution >= 4 is 5.52 Å². The first kappa shape index (κ1) is 14.7. The number of aromatic nitrogens is 2. The van der Waals surface area contributed by atoms with Gasteiger partial charge in [0.25, 0.3) is 0 Å². The van der Waals surface area contributed by atoms with Crippen molar-refractivity contribution in [1.29, 1.82) is 0 Å². The van der Waals surface area contributed by atoms with E-state index in [0.29, 0.717) is 16.7 Å². The Morgan fingerprint density at radius 2 is 2.00 bits per heavy atom. The van der Waals surface area contributed by atoms with Crippen molar-refractivity contribution in [3.8, 4) is 0 Å². The highest BCUT2D eigenvalue weighted by Gasteiger charge is 2.74. The quantitative estimate of drug-likeness (QED) is 0.857. The molecule has 136 valence electrons. The number of rotatable bonds is 4. The molecule has 1 spiro atoms. The maximum atomic E-state index is 11.5. The van der Waals surface area contributed by atoms with E-state index < -0.39 is 0 Å². The molecule has 6 atom stereocenters. The Hall–Kier alpha value is -1.35. The first-order valence-corrected chi connectivity index (χ1v) is 10.8. The molecular formula is C23H28N2O. The Kier molecular flexibility index (Phi) is 2.57. The fourth-order valence-corrected chi connectivity index (χ4v) is 8.53. The van der Waals surface area contributed by atoms with Crippen LogP contribution in [0.5, 0.6) is 0 Å². The zero-order valence-corrected chi connectivity index (χ0v) is 15.4. The monoisotopic (exact) mass is 348 g/mol. The number of pyridine rings is 1. The van der Waals surface area contributed by atoms with Gasteiger partial charge in [-0.25, -0.2) is 4.98 Å². The Morgan fingerprint density at radius 1 is 1.12 bits per heavy atom. The summed E-state index contributed by atoms with van der Waals surface area (Å²) in [4.78, 5) is 4.37. The second kappa shape index (κ2) is 4.55. The highest BCUT2D eigenvalue weighted by Crippen LogP contribution is 2.82. The van der Waals surface area contributed by atoms with Crippen molar-refractivity contribution in [2.24, 2.45) is 28.6 Å². The standard InChI is InChI=1S/C23H28N2O/c26-20(21-19(16-1-2-16)4-3-18-12-24-13-25(18)21)11-22-7-15-5-14-6-17(10-22)23(22,8-14)9-15/h3-4,12-17,20,26H,1-2,5-11H2. The van der Waals surface area contributed by atoms with Crippen LogP contribution in [0.1, 0.15) is 81.1 Å². The summed E-state index contributed by atoms with van der Waals surface area (Å²) in [5, 5.41) is 11.5. The summed E-state index contributed by atoms with van der Waals surface area (Å²) in [5.74, 6) is 3.62. The molecule has 1 N–H and O–H groups in total. The molecule has 5 aliphatic rings. The van der Waals surface area contributed by atoms with E-state index in [0.717, 1.165) is 35.4 Å². The molecule has 0 amide bonds.